The molecule has 0 aliphatic carbocycles. The van der Waals surface area contributed by atoms with Crippen molar-refractivity contribution in [3.63, 3.8) is 0 Å². The predicted molar refractivity (Wildman–Crippen MR) is 116 cm³/mol. The van der Waals surface area contributed by atoms with Crippen LogP contribution in [0.5, 0.6) is 0 Å². The quantitative estimate of drug-likeness (QED) is 0.297. The van der Waals surface area contributed by atoms with Crippen molar-refractivity contribution in [2.45, 2.75) is 109 Å². The maximum atomic E-state index is 11.1. The number of benzene rings is 1. The van der Waals surface area contributed by atoms with Gasteiger partial charge in [0.1, 0.15) is 0 Å². The normalized spacial score (nSPS) is 14.0. The lowest BCUT2D eigenvalue weighted by Gasteiger charge is -2.25. The fourth-order valence-electron chi connectivity index (χ4n) is 3.53. The molecule has 0 fully saturated rings. The summed E-state index contributed by atoms with van der Waals surface area (Å²) in [6.07, 6.45) is 21.4. The molecule has 1 atom stereocenters. The van der Waals surface area contributed by atoms with Crippen molar-refractivity contribution in [1.29, 1.82) is 0 Å². The van der Waals surface area contributed by atoms with E-state index in [0.29, 0.717) is 0 Å². The summed E-state index contributed by atoms with van der Waals surface area (Å²) in [5.74, 6) is 0. The number of hydrogen-bond donors (Lipinski definition) is 1. The predicted octanol–water partition coefficient (Wildman–Crippen LogP) is 7.93. The lowest BCUT2D eigenvalue weighted by molar-refractivity contribution is 0.0672. The standard InChI is InChI=1S/C25H42O/c1-3-5-7-8-9-10-11-12-17-22-25(26,21-16-6-4-2)23-20-24-18-14-13-15-19-24/h13-15,18-20,23,26H,3-12,16-17,21-22H2,1-2H3. The van der Waals surface area contributed by atoms with Crippen LogP contribution in [-0.2, 0) is 0 Å². The molecule has 1 nitrogen and oxygen atoms in total. The molecule has 1 aromatic rings. The Hall–Kier alpha value is -1.08. The minimum atomic E-state index is -0.633. The summed E-state index contributed by atoms with van der Waals surface area (Å²) in [6.45, 7) is 4.49. The van der Waals surface area contributed by atoms with Crippen molar-refractivity contribution in [2.75, 3.05) is 0 Å². The Bertz CT molecular complexity index is 450. The monoisotopic (exact) mass is 358 g/mol. The third kappa shape index (κ3) is 11.5. The van der Waals surface area contributed by atoms with E-state index in [1.807, 2.05) is 6.07 Å². The van der Waals surface area contributed by atoms with Crippen molar-refractivity contribution in [3.05, 3.63) is 42.0 Å². The molecule has 0 saturated carbocycles. The van der Waals surface area contributed by atoms with Gasteiger partial charge in [0.25, 0.3) is 0 Å². The molecule has 148 valence electrons. The van der Waals surface area contributed by atoms with Gasteiger partial charge in [-0.15, -0.1) is 0 Å². The molecule has 1 aromatic carbocycles. The van der Waals surface area contributed by atoms with Crippen molar-refractivity contribution < 1.29 is 5.11 Å². The molecule has 1 rings (SSSR count). The van der Waals surface area contributed by atoms with Crippen LogP contribution in [0.25, 0.3) is 6.08 Å². The number of rotatable bonds is 16. The second kappa shape index (κ2) is 15.0. The highest BCUT2D eigenvalue weighted by atomic mass is 16.3. The maximum absolute atomic E-state index is 11.1. The first kappa shape index (κ1) is 23.0. The van der Waals surface area contributed by atoms with Gasteiger partial charge >= 0.3 is 0 Å². The molecular weight excluding hydrogens is 316 g/mol. The van der Waals surface area contributed by atoms with Crippen LogP contribution in [0, 0.1) is 0 Å². The van der Waals surface area contributed by atoms with Crippen LogP contribution in [0.4, 0.5) is 0 Å². The van der Waals surface area contributed by atoms with Crippen LogP contribution >= 0.6 is 0 Å². The third-order valence-corrected chi connectivity index (χ3v) is 5.31. The van der Waals surface area contributed by atoms with E-state index in [4.69, 9.17) is 0 Å². The van der Waals surface area contributed by atoms with Crippen LogP contribution in [0.3, 0.4) is 0 Å². The minimum absolute atomic E-state index is 0.633. The molecule has 0 radical (unpaired) electrons. The number of aliphatic hydroxyl groups is 1. The fourth-order valence-corrected chi connectivity index (χ4v) is 3.53. The summed E-state index contributed by atoms with van der Waals surface area (Å²) >= 11 is 0. The van der Waals surface area contributed by atoms with Gasteiger partial charge in [-0.05, 0) is 18.4 Å². The molecule has 1 unspecified atom stereocenters. The van der Waals surface area contributed by atoms with Crippen LogP contribution in [0.2, 0.25) is 0 Å². The largest absolute Gasteiger partial charge is 0.386 e. The minimum Gasteiger partial charge on any atom is -0.386 e. The van der Waals surface area contributed by atoms with Gasteiger partial charge in [-0.3, -0.25) is 0 Å². The Balaban J connectivity index is 2.34. The SMILES string of the molecule is CCCCCCCCCCCC(O)(C=Cc1ccccc1)CCCCC. The first-order chi connectivity index (χ1) is 12.7. The van der Waals surface area contributed by atoms with Gasteiger partial charge < -0.3 is 5.11 Å². The molecule has 0 saturated heterocycles. The smallest absolute Gasteiger partial charge is 0.0830 e. The molecule has 26 heavy (non-hydrogen) atoms. The van der Waals surface area contributed by atoms with Gasteiger partial charge in [0, 0.05) is 0 Å². The van der Waals surface area contributed by atoms with E-state index < -0.39 is 5.60 Å². The zero-order valence-electron chi connectivity index (χ0n) is 17.4. The molecule has 1 heteroatoms. The Labute approximate surface area is 162 Å². The maximum Gasteiger partial charge on any atom is 0.0830 e. The zero-order valence-corrected chi connectivity index (χ0v) is 17.4. The molecular formula is C25H42O. The van der Waals surface area contributed by atoms with Gasteiger partial charge in [0.15, 0.2) is 0 Å². The highest BCUT2D eigenvalue weighted by molar-refractivity contribution is 5.50. The molecule has 0 aliphatic rings. The Morgan fingerprint density at radius 1 is 0.692 bits per heavy atom. The molecule has 0 amide bonds. The molecule has 0 spiro atoms. The highest BCUT2D eigenvalue weighted by Gasteiger charge is 2.22. The Morgan fingerprint density at radius 3 is 1.73 bits per heavy atom. The number of unbranched alkanes of at least 4 members (excludes halogenated alkanes) is 10. The molecule has 0 bridgehead atoms. The van der Waals surface area contributed by atoms with E-state index in [9.17, 15) is 5.11 Å². The second-order valence-corrected chi connectivity index (χ2v) is 7.88. The highest BCUT2D eigenvalue weighted by Crippen LogP contribution is 2.25. The van der Waals surface area contributed by atoms with Crippen molar-refractivity contribution in [2.24, 2.45) is 0 Å². The lowest BCUT2D eigenvalue weighted by atomic mass is 9.89. The van der Waals surface area contributed by atoms with Crippen LogP contribution in [-0.4, -0.2) is 10.7 Å². The topological polar surface area (TPSA) is 20.2 Å². The fraction of sp³-hybridized carbons (Fsp3) is 0.680. The summed E-state index contributed by atoms with van der Waals surface area (Å²) in [4.78, 5) is 0. The molecule has 0 heterocycles. The third-order valence-electron chi connectivity index (χ3n) is 5.31. The summed E-state index contributed by atoms with van der Waals surface area (Å²) in [5.41, 5.74) is 0.542. The van der Waals surface area contributed by atoms with Crippen LogP contribution in [0.1, 0.15) is 109 Å². The van der Waals surface area contributed by atoms with E-state index in [2.05, 4.69) is 50.3 Å². The van der Waals surface area contributed by atoms with Gasteiger partial charge in [-0.2, -0.15) is 0 Å². The molecule has 0 aliphatic heterocycles. The average molecular weight is 359 g/mol. The van der Waals surface area contributed by atoms with Gasteiger partial charge in [0.05, 0.1) is 5.60 Å². The summed E-state index contributed by atoms with van der Waals surface area (Å²) in [6, 6.07) is 10.3. The van der Waals surface area contributed by atoms with Gasteiger partial charge in [-0.25, -0.2) is 0 Å². The number of hydrogen-bond acceptors (Lipinski definition) is 1. The van der Waals surface area contributed by atoms with Gasteiger partial charge in [0.2, 0.25) is 0 Å². The average Bonchev–Trinajstić information content (AvgIpc) is 2.66. The first-order valence-electron chi connectivity index (χ1n) is 11.2. The zero-order chi connectivity index (χ0) is 18.9. The van der Waals surface area contributed by atoms with Crippen LogP contribution in [0.15, 0.2) is 36.4 Å². The van der Waals surface area contributed by atoms with E-state index in [1.165, 1.54) is 69.8 Å². The summed E-state index contributed by atoms with van der Waals surface area (Å²) < 4.78 is 0. The molecule has 1 N–H and O–H groups in total. The van der Waals surface area contributed by atoms with Crippen LogP contribution < -0.4 is 0 Å². The Morgan fingerprint density at radius 2 is 1.15 bits per heavy atom. The first-order valence-corrected chi connectivity index (χ1v) is 11.2. The molecule has 0 aromatic heterocycles. The van der Waals surface area contributed by atoms with Crippen molar-refractivity contribution >= 4 is 6.08 Å². The van der Waals surface area contributed by atoms with Gasteiger partial charge in [-0.1, -0.05) is 133 Å². The lowest BCUT2D eigenvalue weighted by Crippen LogP contribution is -2.25. The van der Waals surface area contributed by atoms with E-state index in [1.54, 1.807) is 0 Å². The summed E-state index contributed by atoms with van der Waals surface area (Å²) in [5, 5.41) is 11.1. The van der Waals surface area contributed by atoms with E-state index >= 15 is 0 Å². The Kier molecular flexibility index (Phi) is 13.3. The van der Waals surface area contributed by atoms with E-state index in [0.717, 1.165) is 25.7 Å². The summed E-state index contributed by atoms with van der Waals surface area (Å²) in [7, 11) is 0. The van der Waals surface area contributed by atoms with Crippen molar-refractivity contribution in [3.8, 4) is 0 Å². The van der Waals surface area contributed by atoms with Crippen molar-refractivity contribution in [1.82, 2.24) is 0 Å². The van der Waals surface area contributed by atoms with E-state index in [-0.39, 0.29) is 0 Å². The second-order valence-electron chi connectivity index (χ2n) is 7.88.